The summed E-state index contributed by atoms with van der Waals surface area (Å²) in [5.74, 6) is 0.922. The Labute approximate surface area is 319 Å². The summed E-state index contributed by atoms with van der Waals surface area (Å²) in [6, 6.07) is 67.8. The van der Waals surface area contributed by atoms with Crippen LogP contribution in [0.5, 0.6) is 0 Å². The molecule has 3 heterocycles. The van der Waals surface area contributed by atoms with E-state index in [0.717, 1.165) is 40.2 Å². The maximum atomic E-state index is 5.57. The number of hydrogen-bond acceptors (Lipinski definition) is 1. The molecule has 11 rings (SSSR count). The Morgan fingerprint density at radius 3 is 1.75 bits per heavy atom. The molecule has 10 aromatic rings. The fraction of sp³-hybridized carbons (Fsp3) is 0.0192. The van der Waals surface area contributed by atoms with Gasteiger partial charge in [0.2, 0.25) is 0 Å². The molecule has 0 amide bonds. The summed E-state index contributed by atoms with van der Waals surface area (Å²) in [7, 11) is 0. The van der Waals surface area contributed by atoms with Crippen molar-refractivity contribution in [1.82, 2.24) is 9.13 Å². The summed E-state index contributed by atoms with van der Waals surface area (Å²) >= 11 is 0. The molecule has 3 heteroatoms. The first-order valence-corrected chi connectivity index (χ1v) is 18.9. The Bertz CT molecular complexity index is 3200. The number of aliphatic imine (C=N–C) groups is 1. The molecular weight excluding hydrogens is 667 g/mol. The predicted octanol–water partition coefficient (Wildman–Crippen LogP) is 13.5. The molecule has 8 aromatic carbocycles. The van der Waals surface area contributed by atoms with Crippen LogP contribution in [-0.2, 0) is 0 Å². The lowest BCUT2D eigenvalue weighted by molar-refractivity contribution is 1.16. The first-order chi connectivity index (χ1) is 27.3. The van der Waals surface area contributed by atoms with E-state index in [2.05, 4.69) is 209 Å². The molecule has 3 nitrogen and oxygen atoms in total. The Morgan fingerprint density at radius 1 is 0.418 bits per heavy atom. The van der Waals surface area contributed by atoms with Gasteiger partial charge in [-0.1, -0.05) is 146 Å². The molecule has 1 aliphatic heterocycles. The SMILES string of the molecule is C1=C(c2ccccc2)CC=C(n2c3ccccc3c3cc4ccccc4c(-c4ccc5c(c4)c4ccccc4n5-c4ccccc4)c32)N=C1c1ccccc1. The molecule has 0 bridgehead atoms. The molecule has 0 unspecified atom stereocenters. The molecule has 0 N–H and O–H groups in total. The minimum absolute atomic E-state index is 0.751. The first kappa shape index (κ1) is 31.3. The Kier molecular flexibility index (Phi) is 7.24. The molecule has 0 fully saturated rings. The van der Waals surface area contributed by atoms with E-state index in [1.807, 2.05) is 0 Å². The second kappa shape index (κ2) is 12.7. The minimum atomic E-state index is 0.751. The molecule has 0 saturated heterocycles. The number of hydrogen-bond donors (Lipinski definition) is 0. The zero-order valence-corrected chi connectivity index (χ0v) is 30.1. The number of fused-ring (bicyclic) bond motifs is 7. The molecule has 2 aromatic heterocycles. The summed E-state index contributed by atoms with van der Waals surface area (Å²) < 4.78 is 4.81. The maximum Gasteiger partial charge on any atom is 0.134 e. The van der Waals surface area contributed by atoms with Crippen LogP contribution in [0.4, 0.5) is 0 Å². The Morgan fingerprint density at radius 2 is 1.00 bits per heavy atom. The van der Waals surface area contributed by atoms with Crippen molar-refractivity contribution < 1.29 is 0 Å². The summed E-state index contributed by atoms with van der Waals surface area (Å²) in [4.78, 5) is 5.57. The molecule has 1 aliphatic rings. The van der Waals surface area contributed by atoms with Gasteiger partial charge in [0.05, 0.1) is 27.8 Å². The van der Waals surface area contributed by atoms with Crippen LogP contribution in [-0.4, -0.2) is 14.8 Å². The number of aromatic nitrogens is 2. The lowest BCUT2D eigenvalue weighted by atomic mass is 9.94. The van der Waals surface area contributed by atoms with Crippen molar-refractivity contribution in [3.63, 3.8) is 0 Å². The van der Waals surface area contributed by atoms with Gasteiger partial charge in [0, 0.05) is 38.4 Å². The van der Waals surface area contributed by atoms with Crippen molar-refractivity contribution in [2.45, 2.75) is 6.42 Å². The van der Waals surface area contributed by atoms with Crippen LogP contribution in [0.3, 0.4) is 0 Å². The van der Waals surface area contributed by atoms with Gasteiger partial charge < -0.3 is 4.57 Å². The second-order valence-corrected chi connectivity index (χ2v) is 14.3. The molecule has 0 radical (unpaired) electrons. The van der Waals surface area contributed by atoms with Gasteiger partial charge >= 0.3 is 0 Å². The molecule has 0 aliphatic carbocycles. The zero-order chi connectivity index (χ0) is 36.3. The summed E-state index contributed by atoms with van der Waals surface area (Å²) in [5, 5.41) is 7.34. The zero-order valence-electron chi connectivity index (χ0n) is 30.1. The second-order valence-electron chi connectivity index (χ2n) is 14.3. The first-order valence-electron chi connectivity index (χ1n) is 18.9. The van der Waals surface area contributed by atoms with E-state index >= 15 is 0 Å². The smallest absolute Gasteiger partial charge is 0.134 e. The lowest BCUT2D eigenvalue weighted by Gasteiger charge is -2.15. The summed E-state index contributed by atoms with van der Waals surface area (Å²) in [6.07, 6.45) is 5.34. The van der Waals surface area contributed by atoms with Gasteiger partial charge in [-0.05, 0) is 88.5 Å². The van der Waals surface area contributed by atoms with E-state index in [4.69, 9.17) is 4.99 Å². The van der Waals surface area contributed by atoms with Crippen LogP contribution >= 0.6 is 0 Å². The monoisotopic (exact) mass is 701 g/mol. The van der Waals surface area contributed by atoms with Gasteiger partial charge in [0.25, 0.3) is 0 Å². The van der Waals surface area contributed by atoms with Crippen molar-refractivity contribution in [2.75, 3.05) is 0 Å². The highest BCUT2D eigenvalue weighted by atomic mass is 15.1. The van der Waals surface area contributed by atoms with Gasteiger partial charge in [-0.2, -0.15) is 0 Å². The highest BCUT2D eigenvalue weighted by molar-refractivity contribution is 6.23. The number of allylic oxidation sites excluding steroid dienone is 3. The van der Waals surface area contributed by atoms with Gasteiger partial charge in [-0.3, -0.25) is 4.57 Å². The molecular formula is C52H35N3. The molecule has 0 spiro atoms. The fourth-order valence-corrected chi connectivity index (χ4v) is 8.68. The van der Waals surface area contributed by atoms with E-state index in [-0.39, 0.29) is 0 Å². The topological polar surface area (TPSA) is 22.2 Å². The average Bonchev–Trinajstić information content (AvgIpc) is 3.66. The highest BCUT2D eigenvalue weighted by Crippen LogP contribution is 2.45. The number of rotatable bonds is 5. The van der Waals surface area contributed by atoms with Crippen molar-refractivity contribution in [3.8, 4) is 16.8 Å². The van der Waals surface area contributed by atoms with E-state index in [9.17, 15) is 0 Å². The molecule has 0 atom stereocenters. The number of nitrogens with zero attached hydrogens (tertiary/aromatic N) is 3. The van der Waals surface area contributed by atoms with Crippen LogP contribution in [0.2, 0.25) is 0 Å². The lowest BCUT2D eigenvalue weighted by Crippen LogP contribution is -2.02. The average molecular weight is 702 g/mol. The van der Waals surface area contributed by atoms with Crippen LogP contribution < -0.4 is 0 Å². The number of para-hydroxylation sites is 3. The van der Waals surface area contributed by atoms with Gasteiger partial charge in [0.15, 0.2) is 0 Å². The van der Waals surface area contributed by atoms with Crippen LogP contribution in [0.25, 0.3) is 82.6 Å². The van der Waals surface area contributed by atoms with Crippen LogP contribution in [0, 0.1) is 0 Å². The molecule has 55 heavy (non-hydrogen) atoms. The van der Waals surface area contributed by atoms with Crippen LogP contribution in [0.15, 0.2) is 205 Å². The van der Waals surface area contributed by atoms with Gasteiger partial charge in [-0.15, -0.1) is 0 Å². The van der Waals surface area contributed by atoms with E-state index in [0.29, 0.717) is 0 Å². The van der Waals surface area contributed by atoms with E-state index < -0.39 is 0 Å². The van der Waals surface area contributed by atoms with Gasteiger partial charge in [0.1, 0.15) is 5.82 Å². The maximum absolute atomic E-state index is 5.57. The van der Waals surface area contributed by atoms with Crippen molar-refractivity contribution in [3.05, 3.63) is 211 Å². The molecule has 258 valence electrons. The van der Waals surface area contributed by atoms with Gasteiger partial charge in [-0.25, -0.2) is 4.99 Å². The minimum Gasteiger partial charge on any atom is -0.309 e. The van der Waals surface area contributed by atoms with E-state index in [1.165, 1.54) is 65.6 Å². The highest BCUT2D eigenvalue weighted by Gasteiger charge is 2.23. The van der Waals surface area contributed by atoms with E-state index in [1.54, 1.807) is 0 Å². The van der Waals surface area contributed by atoms with Crippen molar-refractivity contribution >= 4 is 71.5 Å². The van der Waals surface area contributed by atoms with Crippen LogP contribution in [0.1, 0.15) is 17.5 Å². The standard InChI is InChI=1S/C52H35N3/c1-4-16-35(17-5-1)37-29-31-50(53-46(34-37)36-18-6-2-7-19-36)55-48-27-15-13-25-43(48)45-32-38-20-10-11-23-41(38)51(52(45)55)39-28-30-49-44(33-39)42-24-12-14-26-47(42)54(49)40-21-8-3-9-22-40/h1-28,30-34H,29H2. The normalized spacial score (nSPS) is 13.3. The third-order valence-corrected chi connectivity index (χ3v) is 11.2. The largest absolute Gasteiger partial charge is 0.309 e. The Hall–Kier alpha value is -7.23. The van der Waals surface area contributed by atoms with Crippen molar-refractivity contribution in [2.24, 2.45) is 4.99 Å². The summed E-state index contributed by atoms with van der Waals surface area (Å²) in [5.41, 5.74) is 12.7. The quantitative estimate of drug-likeness (QED) is 0.170. The number of benzene rings is 8. The third kappa shape index (κ3) is 5.09. The fourth-order valence-electron chi connectivity index (χ4n) is 8.68. The summed E-state index contributed by atoms with van der Waals surface area (Å²) in [6.45, 7) is 0. The molecule has 0 saturated carbocycles. The predicted molar refractivity (Wildman–Crippen MR) is 233 cm³/mol. The third-order valence-electron chi connectivity index (χ3n) is 11.2. The van der Waals surface area contributed by atoms with Crippen molar-refractivity contribution in [1.29, 1.82) is 0 Å². The Balaban J connectivity index is 1.23.